The normalized spacial score (nSPS) is 10.2. The lowest BCUT2D eigenvalue weighted by atomic mass is 10.1. The fourth-order valence-corrected chi connectivity index (χ4v) is 1.65. The summed E-state index contributed by atoms with van der Waals surface area (Å²) in [5, 5.41) is 0. The van der Waals surface area contributed by atoms with Crippen LogP contribution >= 0.6 is 0 Å². The second kappa shape index (κ2) is 4.35. The van der Waals surface area contributed by atoms with Crippen LogP contribution in [0.25, 0.3) is 11.1 Å². The Balaban J connectivity index is 2.44. The number of anilines is 1. The Hall–Kier alpha value is -1.83. The maximum atomic E-state index is 4.27. The predicted octanol–water partition coefficient (Wildman–Crippen LogP) is 3.12. The number of aromatic nitrogens is 1. The van der Waals surface area contributed by atoms with Gasteiger partial charge in [-0.05, 0) is 18.6 Å². The Morgan fingerprint density at radius 3 is 2.50 bits per heavy atom. The van der Waals surface area contributed by atoms with E-state index in [1.54, 1.807) is 0 Å². The Bertz CT molecular complexity index is 490. The fraction of sp³-hybridized carbons (Fsp3) is 0.214. The molecule has 0 aliphatic heterocycles. The topological polar surface area (TPSA) is 16.1 Å². The van der Waals surface area contributed by atoms with Gasteiger partial charge in [-0.2, -0.15) is 0 Å². The molecule has 0 saturated carbocycles. The molecule has 0 bridgehead atoms. The quantitative estimate of drug-likeness (QED) is 0.760. The second-order valence-corrected chi connectivity index (χ2v) is 4.20. The molecule has 0 saturated heterocycles. The number of benzene rings is 1. The maximum Gasteiger partial charge on any atom is 0.0553 e. The molecule has 2 aromatic rings. The molecule has 2 nitrogen and oxygen atoms in total. The zero-order valence-corrected chi connectivity index (χ0v) is 9.94. The van der Waals surface area contributed by atoms with Crippen LogP contribution in [0.1, 0.15) is 5.56 Å². The van der Waals surface area contributed by atoms with E-state index in [2.05, 4.69) is 47.1 Å². The summed E-state index contributed by atoms with van der Waals surface area (Å²) in [7, 11) is 4.05. The van der Waals surface area contributed by atoms with Gasteiger partial charge in [0.25, 0.3) is 0 Å². The summed E-state index contributed by atoms with van der Waals surface area (Å²) in [5.74, 6) is 0. The highest BCUT2D eigenvalue weighted by Crippen LogP contribution is 2.23. The number of hydrogen-bond acceptors (Lipinski definition) is 2. The number of hydrogen-bond donors (Lipinski definition) is 0. The van der Waals surface area contributed by atoms with Crippen LogP contribution in [0.5, 0.6) is 0 Å². The van der Waals surface area contributed by atoms with Crippen LogP contribution < -0.4 is 4.90 Å². The van der Waals surface area contributed by atoms with Gasteiger partial charge in [0.05, 0.1) is 11.9 Å². The number of pyridine rings is 1. The van der Waals surface area contributed by atoms with Gasteiger partial charge in [0.2, 0.25) is 0 Å². The molecule has 0 N–H and O–H groups in total. The number of rotatable bonds is 2. The van der Waals surface area contributed by atoms with Crippen molar-refractivity contribution in [2.75, 3.05) is 19.0 Å². The van der Waals surface area contributed by atoms with Gasteiger partial charge in [-0.3, -0.25) is 4.98 Å². The largest absolute Gasteiger partial charge is 0.376 e. The molecule has 2 heteroatoms. The molecule has 0 unspecified atom stereocenters. The Labute approximate surface area is 96.6 Å². The van der Waals surface area contributed by atoms with Crippen LogP contribution in [-0.4, -0.2) is 19.1 Å². The van der Waals surface area contributed by atoms with E-state index >= 15 is 0 Å². The first kappa shape index (κ1) is 10.7. The van der Waals surface area contributed by atoms with E-state index in [4.69, 9.17) is 0 Å². The molecule has 1 aromatic carbocycles. The third-order valence-electron chi connectivity index (χ3n) is 2.59. The lowest BCUT2D eigenvalue weighted by Gasteiger charge is -2.13. The van der Waals surface area contributed by atoms with Gasteiger partial charge in [0.15, 0.2) is 0 Å². The minimum atomic E-state index is 1.12. The summed E-state index contributed by atoms with van der Waals surface area (Å²) < 4.78 is 0. The van der Waals surface area contributed by atoms with Gasteiger partial charge in [0.1, 0.15) is 0 Å². The molecule has 82 valence electrons. The molecular formula is C14H16N2. The summed E-state index contributed by atoms with van der Waals surface area (Å²) in [5.41, 5.74) is 4.78. The Morgan fingerprint density at radius 1 is 1.00 bits per heavy atom. The van der Waals surface area contributed by atoms with Crippen LogP contribution in [-0.2, 0) is 0 Å². The van der Waals surface area contributed by atoms with E-state index < -0.39 is 0 Å². The van der Waals surface area contributed by atoms with Crippen molar-refractivity contribution in [3.63, 3.8) is 0 Å². The summed E-state index contributed by atoms with van der Waals surface area (Å²) in [6.45, 7) is 2.10. The molecule has 0 amide bonds. The second-order valence-electron chi connectivity index (χ2n) is 4.20. The minimum absolute atomic E-state index is 1.12. The van der Waals surface area contributed by atoms with Crippen molar-refractivity contribution in [1.82, 2.24) is 4.98 Å². The van der Waals surface area contributed by atoms with Crippen molar-refractivity contribution in [3.05, 3.63) is 48.3 Å². The first-order chi connectivity index (χ1) is 7.66. The third kappa shape index (κ3) is 2.22. The van der Waals surface area contributed by atoms with Gasteiger partial charge < -0.3 is 4.90 Å². The average molecular weight is 212 g/mol. The first-order valence-electron chi connectivity index (χ1n) is 5.36. The lowest BCUT2D eigenvalue weighted by Crippen LogP contribution is -2.08. The minimum Gasteiger partial charge on any atom is -0.376 e. The van der Waals surface area contributed by atoms with E-state index in [9.17, 15) is 0 Å². The van der Waals surface area contributed by atoms with Crippen molar-refractivity contribution in [1.29, 1.82) is 0 Å². The van der Waals surface area contributed by atoms with Crippen molar-refractivity contribution < 1.29 is 0 Å². The van der Waals surface area contributed by atoms with Gasteiger partial charge >= 0.3 is 0 Å². The smallest absolute Gasteiger partial charge is 0.0553 e. The molecule has 16 heavy (non-hydrogen) atoms. The fourth-order valence-electron chi connectivity index (χ4n) is 1.65. The Morgan fingerprint density at radius 2 is 1.81 bits per heavy atom. The summed E-state index contributed by atoms with van der Waals surface area (Å²) in [4.78, 5) is 6.33. The molecule has 0 radical (unpaired) electrons. The highest BCUT2D eigenvalue weighted by Gasteiger charge is 2.01. The standard InChI is InChI=1S/C14H16N2/c1-11-5-4-6-12(7-11)13-8-14(16(2)3)10-15-9-13/h4-10H,1-3H3. The van der Waals surface area contributed by atoms with Crippen LogP contribution in [0.15, 0.2) is 42.7 Å². The molecule has 0 aliphatic carbocycles. The summed E-state index contributed by atoms with van der Waals surface area (Å²) >= 11 is 0. The maximum absolute atomic E-state index is 4.27. The zero-order valence-electron chi connectivity index (χ0n) is 9.94. The molecule has 1 heterocycles. The monoisotopic (exact) mass is 212 g/mol. The number of nitrogens with zero attached hydrogens (tertiary/aromatic N) is 2. The average Bonchev–Trinajstić information content (AvgIpc) is 2.29. The number of aryl methyl sites for hydroxylation is 1. The summed E-state index contributed by atoms with van der Waals surface area (Å²) in [6.07, 6.45) is 3.78. The molecule has 2 rings (SSSR count). The van der Waals surface area contributed by atoms with Crippen molar-refractivity contribution in [2.45, 2.75) is 6.92 Å². The third-order valence-corrected chi connectivity index (χ3v) is 2.59. The first-order valence-corrected chi connectivity index (χ1v) is 5.36. The van der Waals surface area contributed by atoms with Gasteiger partial charge in [0, 0.05) is 25.9 Å². The lowest BCUT2D eigenvalue weighted by molar-refractivity contribution is 1.11. The SMILES string of the molecule is Cc1cccc(-c2cncc(N(C)C)c2)c1. The highest BCUT2D eigenvalue weighted by molar-refractivity contribution is 5.67. The van der Waals surface area contributed by atoms with Gasteiger partial charge in [-0.15, -0.1) is 0 Å². The molecule has 1 aromatic heterocycles. The van der Waals surface area contributed by atoms with Crippen molar-refractivity contribution >= 4 is 5.69 Å². The molecule has 0 atom stereocenters. The van der Waals surface area contributed by atoms with Crippen molar-refractivity contribution in [3.8, 4) is 11.1 Å². The highest BCUT2D eigenvalue weighted by atomic mass is 15.1. The van der Waals surface area contributed by atoms with Crippen LogP contribution in [0.3, 0.4) is 0 Å². The van der Waals surface area contributed by atoms with E-state index in [1.807, 2.05) is 26.5 Å². The molecule has 0 fully saturated rings. The van der Waals surface area contributed by atoms with E-state index in [-0.39, 0.29) is 0 Å². The zero-order chi connectivity index (χ0) is 11.5. The van der Waals surface area contributed by atoms with Crippen LogP contribution in [0, 0.1) is 6.92 Å². The molecule has 0 aliphatic rings. The van der Waals surface area contributed by atoms with Gasteiger partial charge in [-0.25, -0.2) is 0 Å². The van der Waals surface area contributed by atoms with E-state index in [1.165, 1.54) is 11.1 Å². The van der Waals surface area contributed by atoms with Gasteiger partial charge in [-0.1, -0.05) is 29.8 Å². The molecule has 0 spiro atoms. The molecular weight excluding hydrogens is 196 g/mol. The Kier molecular flexibility index (Phi) is 2.91. The summed E-state index contributed by atoms with van der Waals surface area (Å²) in [6, 6.07) is 10.6. The van der Waals surface area contributed by atoms with E-state index in [0.29, 0.717) is 0 Å². The van der Waals surface area contributed by atoms with E-state index in [0.717, 1.165) is 11.3 Å². The predicted molar refractivity (Wildman–Crippen MR) is 68.7 cm³/mol. The van der Waals surface area contributed by atoms with Crippen LogP contribution in [0.4, 0.5) is 5.69 Å². The van der Waals surface area contributed by atoms with Crippen molar-refractivity contribution in [2.24, 2.45) is 0 Å². The van der Waals surface area contributed by atoms with Crippen LogP contribution in [0.2, 0.25) is 0 Å².